The highest BCUT2D eigenvalue weighted by Crippen LogP contribution is 2.37. The first kappa shape index (κ1) is 17.3. The fraction of sp³-hybridized carbons (Fsp3) is 0.0769. The number of hydrogen-bond acceptors (Lipinski definition) is 0. The van der Waals surface area contributed by atoms with E-state index in [1.54, 1.807) is 0 Å². The minimum Gasteiger partial charge on any atom is -0.115 e. The van der Waals surface area contributed by atoms with Crippen molar-refractivity contribution in [1.29, 1.82) is 0 Å². The summed E-state index contributed by atoms with van der Waals surface area (Å²) in [5.41, 5.74) is 9.85. The van der Waals surface area contributed by atoms with Gasteiger partial charge in [0.05, 0.1) is 0 Å². The SMILES string of the molecule is C(#C[Si]1(/C=C\c2ccccc2)CCC=C1c1ccccc1)c1ccccc1. The third-order valence-corrected chi connectivity index (χ3v) is 8.85. The second-order valence-electron chi connectivity index (χ2n) is 6.85. The normalized spacial score (nSPS) is 18.7. The van der Waals surface area contributed by atoms with E-state index in [4.69, 9.17) is 0 Å². The molecule has 1 heteroatoms. The maximum absolute atomic E-state index is 3.76. The summed E-state index contributed by atoms with van der Waals surface area (Å²) < 4.78 is 0. The molecule has 4 rings (SSSR count). The van der Waals surface area contributed by atoms with Crippen molar-refractivity contribution < 1.29 is 0 Å². The lowest BCUT2D eigenvalue weighted by molar-refractivity contribution is 1.23. The van der Waals surface area contributed by atoms with Gasteiger partial charge >= 0.3 is 0 Å². The predicted molar refractivity (Wildman–Crippen MR) is 118 cm³/mol. The van der Waals surface area contributed by atoms with Gasteiger partial charge < -0.3 is 0 Å². The monoisotopic (exact) mass is 362 g/mol. The van der Waals surface area contributed by atoms with Crippen molar-refractivity contribution in [3.63, 3.8) is 0 Å². The summed E-state index contributed by atoms with van der Waals surface area (Å²) in [6.07, 6.45) is 5.80. The first-order valence-electron chi connectivity index (χ1n) is 9.44. The van der Waals surface area contributed by atoms with Gasteiger partial charge in [-0.25, -0.2) is 0 Å². The standard InChI is InChI=1S/C26H22Si/c1-4-11-23(12-5-1)18-21-27(22-19-24-13-6-2-7-14-24)20-10-17-26(27)25-15-8-3-9-16-25/h1-9,11-18,21H,10,20H2/b21-18-. The van der Waals surface area contributed by atoms with Gasteiger partial charge in [-0.3, -0.25) is 0 Å². The highest BCUT2D eigenvalue weighted by Gasteiger charge is 2.37. The summed E-state index contributed by atoms with van der Waals surface area (Å²) in [5.74, 6) is 3.48. The Labute approximate surface area is 162 Å². The average molecular weight is 363 g/mol. The van der Waals surface area contributed by atoms with E-state index >= 15 is 0 Å². The molecule has 0 bridgehead atoms. The molecule has 3 aromatic rings. The zero-order chi connectivity index (χ0) is 18.4. The molecule has 0 saturated heterocycles. The van der Waals surface area contributed by atoms with E-state index in [1.807, 2.05) is 6.07 Å². The van der Waals surface area contributed by atoms with Gasteiger partial charge in [-0.2, -0.15) is 0 Å². The number of benzene rings is 3. The molecule has 0 aromatic heterocycles. The first-order chi connectivity index (χ1) is 13.4. The molecule has 1 unspecified atom stereocenters. The van der Waals surface area contributed by atoms with Crippen LogP contribution in [0.4, 0.5) is 0 Å². The Hall–Kier alpha value is -3.08. The van der Waals surface area contributed by atoms with Crippen molar-refractivity contribution in [2.24, 2.45) is 0 Å². The Morgan fingerprint density at radius 3 is 2.07 bits per heavy atom. The van der Waals surface area contributed by atoms with Crippen molar-refractivity contribution in [3.8, 4) is 11.5 Å². The third kappa shape index (κ3) is 4.02. The first-order valence-corrected chi connectivity index (χ1v) is 11.7. The lowest BCUT2D eigenvalue weighted by Gasteiger charge is -2.21. The van der Waals surface area contributed by atoms with Crippen LogP contribution < -0.4 is 0 Å². The summed E-state index contributed by atoms with van der Waals surface area (Å²) in [6.45, 7) is 0. The molecule has 1 aliphatic rings. The second kappa shape index (κ2) is 8.08. The summed E-state index contributed by atoms with van der Waals surface area (Å²) in [5, 5.41) is 1.46. The number of allylic oxidation sites excluding steroid dienone is 1. The Morgan fingerprint density at radius 1 is 0.741 bits per heavy atom. The smallest absolute Gasteiger partial charge is 0.115 e. The molecule has 3 aromatic carbocycles. The second-order valence-corrected chi connectivity index (χ2v) is 10.4. The van der Waals surface area contributed by atoms with E-state index in [0.29, 0.717) is 0 Å². The van der Waals surface area contributed by atoms with E-state index in [2.05, 4.69) is 114 Å². The van der Waals surface area contributed by atoms with E-state index in [-0.39, 0.29) is 0 Å². The van der Waals surface area contributed by atoms with Crippen LogP contribution in [0.3, 0.4) is 0 Å². The van der Waals surface area contributed by atoms with Gasteiger partial charge in [-0.15, -0.1) is 5.54 Å². The van der Waals surface area contributed by atoms with Crippen LogP contribution in [0.5, 0.6) is 0 Å². The Kier molecular flexibility index (Phi) is 5.19. The highest BCUT2D eigenvalue weighted by atomic mass is 28.3. The van der Waals surface area contributed by atoms with Gasteiger partial charge in [0, 0.05) is 5.56 Å². The minimum absolute atomic E-state index is 1.09. The van der Waals surface area contributed by atoms with Crippen LogP contribution in [0.15, 0.2) is 103 Å². The van der Waals surface area contributed by atoms with Crippen LogP contribution in [0.1, 0.15) is 23.1 Å². The molecular formula is C26H22Si. The summed E-state index contributed by atoms with van der Waals surface area (Å²) >= 11 is 0. The van der Waals surface area contributed by atoms with Gasteiger partial charge in [0.25, 0.3) is 0 Å². The third-order valence-electron chi connectivity index (χ3n) is 5.02. The maximum Gasteiger partial charge on any atom is 0.193 e. The van der Waals surface area contributed by atoms with Crippen molar-refractivity contribution in [3.05, 3.63) is 119 Å². The molecular weight excluding hydrogens is 340 g/mol. The van der Waals surface area contributed by atoms with Crippen LogP contribution >= 0.6 is 0 Å². The van der Waals surface area contributed by atoms with Gasteiger partial charge in [0.2, 0.25) is 0 Å². The van der Waals surface area contributed by atoms with Gasteiger partial charge in [-0.05, 0) is 40.9 Å². The zero-order valence-corrected chi connectivity index (χ0v) is 16.3. The molecule has 1 atom stereocenters. The fourth-order valence-electron chi connectivity index (χ4n) is 3.61. The Morgan fingerprint density at radius 2 is 1.37 bits per heavy atom. The van der Waals surface area contributed by atoms with E-state index < -0.39 is 8.07 Å². The topological polar surface area (TPSA) is 0 Å². The van der Waals surface area contributed by atoms with E-state index in [1.165, 1.54) is 16.3 Å². The molecule has 0 fully saturated rings. The van der Waals surface area contributed by atoms with Crippen LogP contribution in [-0.2, 0) is 0 Å². The quantitative estimate of drug-likeness (QED) is 0.378. The molecule has 0 amide bonds. The lowest BCUT2D eigenvalue weighted by Crippen LogP contribution is -2.30. The molecule has 0 N–H and O–H groups in total. The Bertz CT molecular complexity index is 1010. The van der Waals surface area contributed by atoms with Crippen molar-refractivity contribution in [2.45, 2.75) is 12.5 Å². The van der Waals surface area contributed by atoms with Crippen molar-refractivity contribution in [2.75, 3.05) is 0 Å². The van der Waals surface area contributed by atoms with Crippen LogP contribution in [-0.4, -0.2) is 8.07 Å². The predicted octanol–water partition coefficient (Wildman–Crippen LogP) is 6.31. The van der Waals surface area contributed by atoms with Gasteiger partial charge in [0.15, 0.2) is 8.07 Å². The summed E-state index contributed by atoms with van der Waals surface area (Å²) in [7, 11) is -2.05. The van der Waals surface area contributed by atoms with Crippen LogP contribution in [0, 0.1) is 11.5 Å². The van der Waals surface area contributed by atoms with Crippen molar-refractivity contribution >= 4 is 19.3 Å². The Balaban J connectivity index is 1.77. The zero-order valence-electron chi connectivity index (χ0n) is 15.3. The largest absolute Gasteiger partial charge is 0.193 e. The van der Waals surface area contributed by atoms with Gasteiger partial charge in [0.1, 0.15) is 0 Å². The summed E-state index contributed by atoms with van der Waals surface area (Å²) in [4.78, 5) is 0. The maximum atomic E-state index is 3.76. The van der Waals surface area contributed by atoms with Crippen LogP contribution in [0.2, 0.25) is 6.04 Å². The molecule has 27 heavy (non-hydrogen) atoms. The highest BCUT2D eigenvalue weighted by molar-refractivity contribution is 7.07. The molecule has 0 aliphatic carbocycles. The number of rotatable bonds is 3. The molecule has 0 saturated carbocycles. The van der Waals surface area contributed by atoms with E-state index in [0.717, 1.165) is 18.0 Å². The molecule has 1 heterocycles. The van der Waals surface area contributed by atoms with Gasteiger partial charge in [-0.1, -0.05) is 103 Å². The molecule has 0 spiro atoms. The lowest BCUT2D eigenvalue weighted by atomic mass is 10.2. The average Bonchev–Trinajstić information content (AvgIpc) is 3.17. The minimum atomic E-state index is -2.05. The molecule has 0 nitrogen and oxygen atoms in total. The molecule has 130 valence electrons. The van der Waals surface area contributed by atoms with E-state index in [9.17, 15) is 0 Å². The summed E-state index contributed by atoms with van der Waals surface area (Å²) in [6, 6.07) is 32.8. The molecule has 0 radical (unpaired) electrons. The number of hydrogen-bond donors (Lipinski definition) is 0. The fourth-order valence-corrected chi connectivity index (χ4v) is 7.20. The van der Waals surface area contributed by atoms with Crippen LogP contribution in [0.25, 0.3) is 11.3 Å². The van der Waals surface area contributed by atoms with Crippen molar-refractivity contribution in [1.82, 2.24) is 0 Å². The molecule has 1 aliphatic heterocycles.